The van der Waals surface area contributed by atoms with Gasteiger partial charge in [0.1, 0.15) is 0 Å². The van der Waals surface area contributed by atoms with Gasteiger partial charge in [-0.2, -0.15) is 0 Å². The summed E-state index contributed by atoms with van der Waals surface area (Å²) in [6, 6.07) is 18.6. The number of aryl methyl sites for hydroxylation is 1. The van der Waals surface area contributed by atoms with Gasteiger partial charge in [0.15, 0.2) is 0 Å². The fraction of sp³-hybridized carbons (Fsp3) is 0.385. The Morgan fingerprint density at radius 1 is 1.16 bits per heavy atom. The Bertz CT molecular complexity index is 1080. The van der Waals surface area contributed by atoms with E-state index in [0.29, 0.717) is 19.1 Å². The second-order valence-corrected chi connectivity index (χ2v) is 8.76. The molecule has 1 aromatic heterocycles. The third-order valence-electron chi connectivity index (χ3n) is 6.26. The number of hydrogen-bond acceptors (Lipinski definition) is 4. The molecule has 1 N–H and O–H groups in total. The predicted molar refractivity (Wildman–Crippen MR) is 122 cm³/mol. The number of carbonyl (C=O) groups excluding carboxylic acids is 1. The zero-order valence-corrected chi connectivity index (χ0v) is 18.0. The van der Waals surface area contributed by atoms with Crippen LogP contribution in [0.3, 0.4) is 0 Å². The van der Waals surface area contributed by atoms with E-state index in [1.807, 2.05) is 24.3 Å². The van der Waals surface area contributed by atoms with Crippen molar-refractivity contribution >= 4 is 16.8 Å². The third-order valence-corrected chi connectivity index (χ3v) is 6.26. The second-order valence-electron chi connectivity index (χ2n) is 8.76. The van der Waals surface area contributed by atoms with Gasteiger partial charge < -0.3 is 10.1 Å². The van der Waals surface area contributed by atoms with Crippen molar-refractivity contribution in [2.75, 3.05) is 26.2 Å². The Kier molecular flexibility index (Phi) is 5.70. The first kappa shape index (κ1) is 20.2. The van der Waals surface area contributed by atoms with Crippen LogP contribution in [0.2, 0.25) is 0 Å². The second kappa shape index (κ2) is 8.77. The summed E-state index contributed by atoms with van der Waals surface area (Å²) in [7, 11) is 0. The average Bonchev–Trinajstić information content (AvgIpc) is 3.64. The molecule has 3 aromatic rings. The smallest absolute Gasteiger partial charge is 0.252 e. The quantitative estimate of drug-likeness (QED) is 0.660. The van der Waals surface area contributed by atoms with Crippen LogP contribution < -0.4 is 5.32 Å². The van der Waals surface area contributed by atoms with Crippen LogP contribution >= 0.6 is 0 Å². The molecule has 2 heterocycles. The highest BCUT2D eigenvalue weighted by atomic mass is 16.5. The highest BCUT2D eigenvalue weighted by molar-refractivity contribution is 6.06. The summed E-state index contributed by atoms with van der Waals surface area (Å²) >= 11 is 0. The first-order valence-corrected chi connectivity index (χ1v) is 11.2. The number of pyridine rings is 1. The number of para-hydroxylation sites is 1. The first-order valence-electron chi connectivity index (χ1n) is 11.2. The minimum atomic E-state index is -0.0383. The van der Waals surface area contributed by atoms with Crippen molar-refractivity contribution in [3.8, 4) is 0 Å². The van der Waals surface area contributed by atoms with Gasteiger partial charge in [-0.3, -0.25) is 14.7 Å². The number of amides is 1. The predicted octanol–water partition coefficient (Wildman–Crippen LogP) is 4.05. The van der Waals surface area contributed by atoms with Gasteiger partial charge in [0.05, 0.1) is 23.8 Å². The molecule has 2 aromatic carbocycles. The van der Waals surface area contributed by atoms with E-state index in [1.165, 1.54) is 18.4 Å². The van der Waals surface area contributed by atoms with Crippen LogP contribution in [-0.2, 0) is 11.3 Å². The lowest BCUT2D eigenvalue weighted by Gasteiger charge is -2.33. The van der Waals surface area contributed by atoms with Crippen molar-refractivity contribution in [3.05, 3.63) is 77.0 Å². The summed E-state index contributed by atoms with van der Waals surface area (Å²) in [5.74, 6) is 0.465. The number of fused-ring (bicyclic) bond motifs is 1. The number of benzene rings is 2. The minimum absolute atomic E-state index is 0.000785. The van der Waals surface area contributed by atoms with Crippen molar-refractivity contribution in [1.29, 1.82) is 0 Å². The molecule has 5 heteroatoms. The van der Waals surface area contributed by atoms with E-state index in [0.717, 1.165) is 47.4 Å². The number of aromatic nitrogens is 1. The van der Waals surface area contributed by atoms with E-state index in [-0.39, 0.29) is 12.0 Å². The number of ether oxygens (including phenoxy) is 1. The highest BCUT2D eigenvalue weighted by Gasteiger charge is 2.27. The molecule has 5 rings (SSSR count). The molecule has 1 saturated heterocycles. The standard InChI is InChI=1S/C26H29N3O2/c1-18-6-5-9-22-23(14-24(20-10-11-20)28-25(18)22)26(30)27-15-21-17-29(12-13-31-21)16-19-7-3-2-4-8-19/h2-9,14,20-21H,10-13,15-17H2,1H3,(H,27,30)/t21-/m0/s1. The Morgan fingerprint density at radius 2 is 2.00 bits per heavy atom. The normalized spacial score (nSPS) is 19.5. The number of hydrogen-bond donors (Lipinski definition) is 1. The molecule has 0 bridgehead atoms. The summed E-state index contributed by atoms with van der Waals surface area (Å²) in [5.41, 5.74) is 5.14. The van der Waals surface area contributed by atoms with Crippen LogP contribution in [0.1, 0.15) is 45.9 Å². The molecule has 1 atom stereocenters. The molecule has 1 saturated carbocycles. The summed E-state index contributed by atoms with van der Waals surface area (Å²) in [6.07, 6.45) is 2.33. The maximum atomic E-state index is 13.2. The van der Waals surface area contributed by atoms with Crippen molar-refractivity contribution in [1.82, 2.24) is 15.2 Å². The van der Waals surface area contributed by atoms with Crippen LogP contribution in [0.5, 0.6) is 0 Å². The highest BCUT2D eigenvalue weighted by Crippen LogP contribution is 2.40. The molecule has 1 aliphatic heterocycles. The monoisotopic (exact) mass is 415 g/mol. The summed E-state index contributed by atoms with van der Waals surface area (Å²) < 4.78 is 5.94. The third kappa shape index (κ3) is 4.63. The number of rotatable bonds is 6. The molecule has 31 heavy (non-hydrogen) atoms. The molecule has 0 unspecified atom stereocenters. The van der Waals surface area contributed by atoms with E-state index in [9.17, 15) is 4.79 Å². The Balaban J connectivity index is 1.27. The molecule has 1 aliphatic carbocycles. The van der Waals surface area contributed by atoms with E-state index in [2.05, 4.69) is 47.5 Å². The largest absolute Gasteiger partial charge is 0.374 e. The molecule has 160 valence electrons. The van der Waals surface area contributed by atoms with E-state index in [4.69, 9.17) is 9.72 Å². The van der Waals surface area contributed by atoms with Crippen LogP contribution in [0, 0.1) is 6.92 Å². The van der Waals surface area contributed by atoms with Gasteiger partial charge in [-0.15, -0.1) is 0 Å². The Labute approximate surface area is 183 Å². The lowest BCUT2D eigenvalue weighted by molar-refractivity contribution is -0.0292. The SMILES string of the molecule is Cc1cccc2c(C(=O)NC[C@H]3CN(Cc4ccccc4)CCO3)cc(C3CC3)nc12. The van der Waals surface area contributed by atoms with Gasteiger partial charge in [0.25, 0.3) is 5.91 Å². The zero-order chi connectivity index (χ0) is 21.2. The van der Waals surface area contributed by atoms with Gasteiger partial charge in [0.2, 0.25) is 0 Å². The van der Waals surface area contributed by atoms with Crippen LogP contribution in [-0.4, -0.2) is 48.1 Å². The summed E-state index contributed by atoms with van der Waals surface area (Å²) in [6.45, 7) is 5.91. The molecule has 1 amide bonds. The van der Waals surface area contributed by atoms with Crippen molar-refractivity contribution in [2.45, 2.75) is 38.3 Å². The van der Waals surface area contributed by atoms with Gasteiger partial charge in [-0.1, -0.05) is 48.5 Å². The van der Waals surface area contributed by atoms with E-state index >= 15 is 0 Å². The number of nitrogens with one attached hydrogen (secondary N) is 1. The Morgan fingerprint density at radius 3 is 2.81 bits per heavy atom. The van der Waals surface area contributed by atoms with Gasteiger partial charge in [-0.25, -0.2) is 0 Å². The van der Waals surface area contributed by atoms with Crippen LogP contribution in [0.15, 0.2) is 54.6 Å². The topological polar surface area (TPSA) is 54.5 Å². The number of carbonyl (C=O) groups is 1. The molecule has 0 radical (unpaired) electrons. The van der Waals surface area contributed by atoms with Gasteiger partial charge in [0, 0.05) is 43.2 Å². The molecule has 0 spiro atoms. The maximum absolute atomic E-state index is 13.2. The average molecular weight is 416 g/mol. The molecular formula is C26H29N3O2. The van der Waals surface area contributed by atoms with Crippen LogP contribution in [0.25, 0.3) is 10.9 Å². The molecule has 5 nitrogen and oxygen atoms in total. The fourth-order valence-corrected chi connectivity index (χ4v) is 4.38. The van der Waals surface area contributed by atoms with Gasteiger partial charge in [-0.05, 0) is 37.0 Å². The van der Waals surface area contributed by atoms with E-state index in [1.54, 1.807) is 0 Å². The summed E-state index contributed by atoms with van der Waals surface area (Å²) in [5, 5.41) is 4.06. The minimum Gasteiger partial charge on any atom is -0.374 e. The van der Waals surface area contributed by atoms with Crippen molar-refractivity contribution in [3.63, 3.8) is 0 Å². The number of morpholine rings is 1. The zero-order valence-electron chi connectivity index (χ0n) is 18.0. The van der Waals surface area contributed by atoms with E-state index < -0.39 is 0 Å². The van der Waals surface area contributed by atoms with Gasteiger partial charge >= 0.3 is 0 Å². The lowest BCUT2D eigenvalue weighted by Crippen LogP contribution is -2.47. The van der Waals surface area contributed by atoms with Crippen molar-refractivity contribution < 1.29 is 9.53 Å². The maximum Gasteiger partial charge on any atom is 0.252 e. The molecule has 2 fully saturated rings. The molecule has 2 aliphatic rings. The first-order chi connectivity index (χ1) is 15.2. The van der Waals surface area contributed by atoms with Crippen LogP contribution in [0.4, 0.5) is 0 Å². The number of nitrogens with zero attached hydrogens (tertiary/aromatic N) is 2. The molecular weight excluding hydrogens is 386 g/mol. The Hall–Kier alpha value is -2.76. The lowest BCUT2D eigenvalue weighted by atomic mass is 10.0. The van der Waals surface area contributed by atoms with Crippen molar-refractivity contribution in [2.24, 2.45) is 0 Å². The fourth-order valence-electron chi connectivity index (χ4n) is 4.38. The summed E-state index contributed by atoms with van der Waals surface area (Å²) in [4.78, 5) is 20.4.